The molecule has 1 N–H and O–H groups in total. The van der Waals surface area contributed by atoms with E-state index in [0.717, 1.165) is 6.20 Å². The first-order valence-electron chi connectivity index (χ1n) is 6.11. The molecule has 1 aromatic heterocycles. The molecule has 2 unspecified atom stereocenters. The minimum absolute atomic E-state index is 0.121. The quantitative estimate of drug-likeness (QED) is 0.630. The number of nitrogens with zero attached hydrogens (tertiary/aromatic N) is 4. The Bertz CT molecular complexity index is 557. The number of morpholine rings is 1. The zero-order valence-electron chi connectivity index (χ0n) is 10.9. The molecule has 20 heavy (non-hydrogen) atoms. The van der Waals surface area contributed by atoms with Gasteiger partial charge in [-0.1, -0.05) is 0 Å². The molecule has 8 nitrogen and oxygen atoms in total. The van der Waals surface area contributed by atoms with Crippen molar-refractivity contribution < 1.29 is 14.8 Å². The molecule has 1 aromatic rings. The van der Waals surface area contributed by atoms with E-state index < -0.39 is 4.92 Å². The summed E-state index contributed by atoms with van der Waals surface area (Å²) >= 11 is 0. The van der Waals surface area contributed by atoms with Crippen molar-refractivity contribution >= 4 is 11.5 Å². The largest absolute Gasteiger partial charge is 0.394 e. The molecule has 8 heteroatoms. The number of hydrogen-bond acceptors (Lipinski definition) is 7. The lowest BCUT2D eigenvalue weighted by atomic mass is 10.2. The van der Waals surface area contributed by atoms with Gasteiger partial charge < -0.3 is 14.7 Å². The van der Waals surface area contributed by atoms with Gasteiger partial charge >= 0.3 is 0 Å². The summed E-state index contributed by atoms with van der Waals surface area (Å²) in [6.45, 7) is 2.62. The highest BCUT2D eigenvalue weighted by Crippen LogP contribution is 2.24. The third kappa shape index (κ3) is 2.84. The molecule has 1 fully saturated rings. The summed E-state index contributed by atoms with van der Waals surface area (Å²) < 4.78 is 5.51. The Morgan fingerprint density at radius 3 is 3.05 bits per heavy atom. The second-order valence-corrected chi connectivity index (χ2v) is 4.59. The molecule has 2 rings (SSSR count). The maximum atomic E-state index is 10.7. The van der Waals surface area contributed by atoms with E-state index in [4.69, 9.17) is 10.00 Å². The Morgan fingerprint density at radius 2 is 2.45 bits per heavy atom. The van der Waals surface area contributed by atoms with Crippen LogP contribution in [0.1, 0.15) is 12.5 Å². The van der Waals surface area contributed by atoms with Crippen LogP contribution in [0.4, 0.5) is 11.5 Å². The number of anilines is 1. The molecule has 0 spiro atoms. The average molecular weight is 278 g/mol. The molecule has 0 aliphatic carbocycles. The Labute approximate surface area is 115 Å². The zero-order valence-corrected chi connectivity index (χ0v) is 10.9. The lowest BCUT2D eigenvalue weighted by Gasteiger charge is -2.37. The summed E-state index contributed by atoms with van der Waals surface area (Å²) in [5, 5.41) is 29.0. The van der Waals surface area contributed by atoms with Gasteiger partial charge in [0.25, 0.3) is 5.69 Å². The lowest BCUT2D eigenvalue weighted by Crippen LogP contribution is -2.48. The third-order valence-electron chi connectivity index (χ3n) is 3.01. The van der Waals surface area contributed by atoms with Crippen LogP contribution in [-0.2, 0) is 4.74 Å². The van der Waals surface area contributed by atoms with Crippen LogP contribution in [0.3, 0.4) is 0 Å². The van der Waals surface area contributed by atoms with Crippen LogP contribution >= 0.6 is 0 Å². The minimum Gasteiger partial charge on any atom is -0.394 e. The summed E-state index contributed by atoms with van der Waals surface area (Å²) in [5.41, 5.74) is -0.0738. The molecule has 106 valence electrons. The van der Waals surface area contributed by atoms with Crippen LogP contribution in [0.5, 0.6) is 0 Å². The van der Waals surface area contributed by atoms with Crippen molar-refractivity contribution in [3.05, 3.63) is 27.9 Å². The number of rotatable bonds is 3. The Kier molecular flexibility index (Phi) is 4.12. The smallest absolute Gasteiger partial charge is 0.289 e. The van der Waals surface area contributed by atoms with Gasteiger partial charge in [-0.05, 0) is 6.92 Å². The number of nitro groups is 1. The summed E-state index contributed by atoms with van der Waals surface area (Å²) in [4.78, 5) is 15.9. The monoisotopic (exact) mass is 278 g/mol. The van der Waals surface area contributed by atoms with Crippen molar-refractivity contribution in [3.8, 4) is 6.07 Å². The number of hydrogen-bond donors (Lipinski definition) is 1. The Hall–Kier alpha value is -2.24. The van der Waals surface area contributed by atoms with Crippen molar-refractivity contribution in [2.45, 2.75) is 19.1 Å². The fourth-order valence-electron chi connectivity index (χ4n) is 2.20. The lowest BCUT2D eigenvalue weighted by molar-refractivity contribution is -0.385. The highest BCUT2D eigenvalue weighted by atomic mass is 16.6. The zero-order chi connectivity index (χ0) is 14.7. The standard InChI is InChI=1S/C12H14N4O4/c1-8-5-15(6-11(7-17)20-8)12-9(3-13)2-10(4-14-12)16(18)19/h2,4,8,11,17H,5-7H2,1H3. The molecule has 1 aliphatic rings. The van der Waals surface area contributed by atoms with Crippen LogP contribution in [0.25, 0.3) is 0 Å². The SMILES string of the molecule is CC1CN(c2ncc([N+](=O)[O-])cc2C#N)CC(CO)O1. The van der Waals surface area contributed by atoms with Gasteiger partial charge in [0.05, 0.1) is 23.7 Å². The number of aliphatic hydroxyl groups is 1. The normalized spacial score (nSPS) is 22.4. The second kappa shape index (κ2) is 5.81. The Morgan fingerprint density at radius 1 is 1.70 bits per heavy atom. The predicted octanol–water partition coefficient (Wildman–Crippen LogP) is 0.447. The van der Waals surface area contributed by atoms with E-state index >= 15 is 0 Å². The molecule has 0 amide bonds. The average Bonchev–Trinajstić information content (AvgIpc) is 2.45. The summed E-state index contributed by atoms with van der Waals surface area (Å²) in [5.74, 6) is 0.381. The fraction of sp³-hybridized carbons (Fsp3) is 0.500. The van der Waals surface area contributed by atoms with Gasteiger partial charge in [-0.3, -0.25) is 10.1 Å². The summed E-state index contributed by atoms with van der Waals surface area (Å²) in [6, 6.07) is 3.13. The van der Waals surface area contributed by atoms with Crippen LogP contribution < -0.4 is 4.90 Å². The summed E-state index contributed by atoms with van der Waals surface area (Å²) in [6.07, 6.45) is 0.649. The van der Waals surface area contributed by atoms with Crippen molar-refractivity contribution in [2.75, 3.05) is 24.6 Å². The maximum Gasteiger partial charge on any atom is 0.289 e. The van der Waals surface area contributed by atoms with E-state index in [1.165, 1.54) is 6.07 Å². The van der Waals surface area contributed by atoms with Gasteiger partial charge in [0.1, 0.15) is 23.6 Å². The topological polar surface area (TPSA) is 113 Å². The van der Waals surface area contributed by atoms with Gasteiger partial charge in [0.2, 0.25) is 0 Å². The van der Waals surface area contributed by atoms with E-state index in [-0.39, 0.29) is 30.1 Å². The second-order valence-electron chi connectivity index (χ2n) is 4.59. The van der Waals surface area contributed by atoms with E-state index in [0.29, 0.717) is 18.9 Å². The first-order valence-corrected chi connectivity index (χ1v) is 6.11. The van der Waals surface area contributed by atoms with Gasteiger partial charge in [0, 0.05) is 19.2 Å². The number of pyridine rings is 1. The van der Waals surface area contributed by atoms with Crippen molar-refractivity contribution in [1.29, 1.82) is 5.26 Å². The minimum atomic E-state index is -0.587. The first kappa shape index (κ1) is 14.2. The third-order valence-corrected chi connectivity index (χ3v) is 3.01. The van der Waals surface area contributed by atoms with Gasteiger partial charge in [0.15, 0.2) is 0 Å². The van der Waals surface area contributed by atoms with Crippen LogP contribution in [0.2, 0.25) is 0 Å². The van der Waals surface area contributed by atoms with E-state index in [1.807, 2.05) is 13.0 Å². The molecular formula is C12H14N4O4. The molecule has 0 aromatic carbocycles. The van der Waals surface area contributed by atoms with Crippen molar-refractivity contribution in [2.24, 2.45) is 0 Å². The van der Waals surface area contributed by atoms with Crippen molar-refractivity contribution in [3.63, 3.8) is 0 Å². The molecular weight excluding hydrogens is 264 g/mol. The van der Waals surface area contributed by atoms with Gasteiger partial charge in [-0.2, -0.15) is 5.26 Å². The number of aromatic nitrogens is 1. The predicted molar refractivity (Wildman–Crippen MR) is 69.2 cm³/mol. The fourth-order valence-corrected chi connectivity index (χ4v) is 2.20. The van der Waals surface area contributed by atoms with Gasteiger partial charge in [-0.25, -0.2) is 4.98 Å². The number of nitriles is 1. The molecule has 2 atom stereocenters. The number of ether oxygens (including phenoxy) is 1. The summed E-state index contributed by atoms with van der Waals surface area (Å²) in [7, 11) is 0. The van der Waals surface area contributed by atoms with Crippen LogP contribution in [0.15, 0.2) is 12.3 Å². The van der Waals surface area contributed by atoms with Crippen molar-refractivity contribution in [1.82, 2.24) is 4.98 Å². The Balaban J connectivity index is 2.32. The molecule has 2 heterocycles. The molecule has 1 aliphatic heterocycles. The van der Waals surface area contributed by atoms with E-state index in [1.54, 1.807) is 4.90 Å². The molecule has 0 radical (unpaired) electrons. The van der Waals surface area contributed by atoms with Crippen LogP contribution in [0, 0.1) is 21.4 Å². The molecule has 0 saturated carbocycles. The maximum absolute atomic E-state index is 10.7. The highest BCUT2D eigenvalue weighted by Gasteiger charge is 2.27. The van der Waals surface area contributed by atoms with Gasteiger partial charge in [-0.15, -0.1) is 0 Å². The van der Waals surface area contributed by atoms with E-state index in [9.17, 15) is 15.2 Å². The highest BCUT2D eigenvalue weighted by molar-refractivity contribution is 5.57. The molecule has 1 saturated heterocycles. The van der Waals surface area contributed by atoms with Crippen LogP contribution in [-0.4, -0.2) is 46.9 Å². The molecule has 0 bridgehead atoms. The number of aliphatic hydroxyl groups excluding tert-OH is 1. The first-order chi connectivity index (χ1) is 9.55. The van der Waals surface area contributed by atoms with E-state index in [2.05, 4.69) is 4.98 Å².